The molecule has 1 saturated carbocycles. The first-order valence-electron chi connectivity index (χ1n) is 18.7. The fourth-order valence-electron chi connectivity index (χ4n) is 9.98. The van der Waals surface area contributed by atoms with Gasteiger partial charge in [-0.05, 0) is 0 Å². The van der Waals surface area contributed by atoms with E-state index in [1.165, 1.54) is 71.0 Å². The van der Waals surface area contributed by atoms with Crippen LogP contribution in [0.15, 0.2) is 96.1 Å². The molecule has 7 rings (SSSR count). The molecule has 3 aliphatic carbocycles. The van der Waals surface area contributed by atoms with Gasteiger partial charge >= 0.3 is 296 Å². The van der Waals surface area contributed by atoms with E-state index in [0.29, 0.717) is 13.2 Å². The van der Waals surface area contributed by atoms with Crippen LogP contribution in [0.5, 0.6) is 0 Å². The molecule has 0 saturated heterocycles. The van der Waals surface area contributed by atoms with Crippen molar-refractivity contribution >= 4 is 43.8 Å². The Balaban J connectivity index is 0.00000243. The number of hydrogen-bond donors (Lipinski definition) is 0. The number of benzene rings is 4. The van der Waals surface area contributed by atoms with Crippen molar-refractivity contribution in [2.75, 3.05) is 0 Å². The second kappa shape index (κ2) is 14.5. The molecule has 3 aliphatic rings. The number of rotatable bonds is 6. The number of allylic oxidation sites excluding steroid dienone is 2. The first-order valence-corrected chi connectivity index (χ1v) is 32.3. The minimum Gasteiger partial charge on any atom is -0.147 e. The number of fused-ring (bicyclic) bond motifs is 2. The Labute approximate surface area is 318 Å². The Bertz CT molecular complexity index is 1990. The van der Waals surface area contributed by atoms with Gasteiger partial charge < -0.3 is 0 Å². The second-order valence-corrected chi connectivity index (χ2v) is 48.4. The molecule has 0 aromatic heterocycles. The minimum absolute atomic E-state index is 0. The molecule has 0 N–H and O–H groups in total. The maximum absolute atomic E-state index is 3.67. The summed E-state index contributed by atoms with van der Waals surface area (Å²) in [5.74, 6) is 1.26. The zero-order chi connectivity index (χ0) is 34.0. The van der Waals surface area contributed by atoms with E-state index in [0.717, 1.165) is 5.92 Å². The summed E-state index contributed by atoms with van der Waals surface area (Å²) in [6.45, 7) is 16.7. The summed E-state index contributed by atoms with van der Waals surface area (Å²) < 4.78 is 6.60. The van der Waals surface area contributed by atoms with Crippen LogP contribution in [0.4, 0.5) is 0 Å². The Morgan fingerprint density at radius 2 is 1.16 bits per heavy atom. The monoisotopic (exact) mass is 798 g/mol. The molecule has 0 bridgehead atoms. The summed E-state index contributed by atoms with van der Waals surface area (Å²) in [7, 11) is 0. The van der Waals surface area contributed by atoms with Crippen molar-refractivity contribution in [1.82, 2.24) is 0 Å². The molecular formula is C46H58Cl2SiZr. The maximum atomic E-state index is 2.78. The third-order valence-electron chi connectivity index (χ3n) is 12.3. The minimum atomic E-state index is -3.67. The third kappa shape index (κ3) is 6.94. The molecule has 264 valence electrons. The van der Waals surface area contributed by atoms with Crippen LogP contribution in [0.1, 0.15) is 120 Å². The van der Waals surface area contributed by atoms with Gasteiger partial charge in [0.1, 0.15) is 0 Å². The molecule has 0 spiro atoms. The van der Waals surface area contributed by atoms with Crippen molar-refractivity contribution in [3.63, 3.8) is 0 Å². The van der Waals surface area contributed by atoms with Crippen LogP contribution in [-0.4, -0.2) is 6.88 Å². The zero-order valence-electron chi connectivity index (χ0n) is 31.6. The Kier molecular flexibility index (Phi) is 11.4. The van der Waals surface area contributed by atoms with E-state index >= 15 is 0 Å². The van der Waals surface area contributed by atoms with E-state index in [9.17, 15) is 0 Å². The fourth-order valence-corrected chi connectivity index (χ4v) is 30.6. The largest absolute Gasteiger partial charge is 0.147 e. The summed E-state index contributed by atoms with van der Waals surface area (Å²) in [4.78, 5) is 0. The summed E-state index contributed by atoms with van der Waals surface area (Å²) in [6, 6.07) is 33.4. The normalized spacial score (nSPS) is 19.2. The van der Waals surface area contributed by atoms with Crippen LogP contribution in [0.3, 0.4) is 0 Å². The van der Waals surface area contributed by atoms with E-state index in [1.807, 2.05) is 0 Å². The van der Waals surface area contributed by atoms with Crippen LogP contribution in [-0.2, 0) is 22.8 Å². The van der Waals surface area contributed by atoms with Gasteiger partial charge in [-0.25, -0.2) is 0 Å². The summed E-state index contributed by atoms with van der Waals surface area (Å²) >= 11 is -3.67. The van der Waals surface area contributed by atoms with Crippen molar-refractivity contribution in [3.8, 4) is 22.3 Å². The van der Waals surface area contributed by atoms with Gasteiger partial charge in [-0.2, -0.15) is 0 Å². The van der Waals surface area contributed by atoms with E-state index in [1.54, 1.807) is 27.8 Å². The molecule has 2 unspecified atom stereocenters. The average molecular weight is 801 g/mol. The summed E-state index contributed by atoms with van der Waals surface area (Å²) in [5, 5.41) is 0. The van der Waals surface area contributed by atoms with Crippen molar-refractivity contribution in [2.45, 2.75) is 101 Å². The van der Waals surface area contributed by atoms with Gasteiger partial charge in [-0.3, -0.25) is 0 Å². The van der Waals surface area contributed by atoms with Gasteiger partial charge in [-0.15, -0.1) is 24.8 Å². The molecular weight excluding hydrogens is 743 g/mol. The Morgan fingerprint density at radius 1 is 0.660 bits per heavy atom. The van der Waals surface area contributed by atoms with Gasteiger partial charge in [-0.1, -0.05) is 0 Å². The molecule has 2 atom stereocenters. The van der Waals surface area contributed by atoms with Gasteiger partial charge in [0.2, 0.25) is 0 Å². The van der Waals surface area contributed by atoms with Crippen LogP contribution < -0.4 is 0 Å². The Hall–Kier alpha value is -1.96. The van der Waals surface area contributed by atoms with E-state index in [-0.39, 0.29) is 30.2 Å². The second-order valence-electron chi connectivity index (χ2n) is 17.9. The molecule has 0 nitrogen and oxygen atoms in total. The molecule has 0 aliphatic heterocycles. The number of halogens is 2. The topological polar surface area (TPSA) is 0 Å². The van der Waals surface area contributed by atoms with E-state index in [2.05, 4.69) is 155 Å². The third-order valence-corrected chi connectivity index (χ3v) is 29.9. The molecule has 0 heterocycles. The summed E-state index contributed by atoms with van der Waals surface area (Å²) in [5.41, 5.74) is 17.9. The molecule has 50 heavy (non-hydrogen) atoms. The molecule has 0 radical (unpaired) electrons. The molecule has 1 fully saturated rings. The predicted octanol–water partition coefficient (Wildman–Crippen LogP) is 13.8. The van der Waals surface area contributed by atoms with Crippen molar-refractivity contribution < 1.29 is 17.4 Å². The smallest absolute Gasteiger partial charge is 0.147 e. The van der Waals surface area contributed by atoms with E-state index in [4.69, 9.17) is 0 Å². The molecule has 4 aromatic carbocycles. The van der Waals surface area contributed by atoms with Gasteiger partial charge in [0.05, 0.1) is 0 Å². The van der Waals surface area contributed by atoms with Crippen molar-refractivity contribution in [1.29, 1.82) is 0 Å². The average Bonchev–Trinajstić information content (AvgIpc) is 3.64. The SMILES string of the molecule is CC1=Cc2c(-c3ccc(C4CCCCC4)cc3)cccc2[CH]1[Zr]([CH3])([CH3])(=[SiH2])[CH]1C(C(C)C)=Cc2c(-c3ccc(C(C)(C)C)cc3)cccc21.Cl.Cl. The fraction of sp³-hybridized carbons (Fsp3) is 0.391. The van der Waals surface area contributed by atoms with Crippen molar-refractivity contribution in [3.05, 3.63) is 129 Å². The molecule has 4 aromatic rings. The van der Waals surface area contributed by atoms with Crippen LogP contribution in [0.2, 0.25) is 9.26 Å². The predicted molar refractivity (Wildman–Crippen MR) is 225 cm³/mol. The number of hydrogen-bond acceptors (Lipinski definition) is 0. The maximum Gasteiger partial charge on any atom is -0.147 e. The molecule has 0 amide bonds. The van der Waals surface area contributed by atoms with Crippen molar-refractivity contribution in [2.24, 2.45) is 5.92 Å². The Morgan fingerprint density at radius 3 is 1.68 bits per heavy atom. The van der Waals surface area contributed by atoms with Gasteiger partial charge in [0.25, 0.3) is 0 Å². The summed E-state index contributed by atoms with van der Waals surface area (Å²) in [6.07, 6.45) is 12.1. The first kappa shape index (κ1) is 39.3. The standard InChI is InChI=1S/C22H23.C22H25.2CH3.2ClH.H2Si.Zr/c1-16-14-20-8-5-9-21(22(20)15-16)19-12-10-18(11-13-19)17-6-3-2-4-7-17;1-15(2)18-13-17-7-6-8-20(21(17)14-18)16-9-11-19(12-10-16)22(3,4)5;;;;;;/h5,8-15,17H,2-4,6-7H2,1H3;6-15H,1-5H3;2*1H3;2*1H;1H2;. The van der Waals surface area contributed by atoms with Crippen LogP contribution >= 0.6 is 24.8 Å². The van der Waals surface area contributed by atoms with E-state index < -0.39 is 17.4 Å². The van der Waals surface area contributed by atoms with Crippen LogP contribution in [0.25, 0.3) is 34.4 Å². The van der Waals surface area contributed by atoms with Gasteiger partial charge in [0.15, 0.2) is 0 Å². The van der Waals surface area contributed by atoms with Gasteiger partial charge in [0, 0.05) is 0 Å². The zero-order valence-corrected chi connectivity index (χ0v) is 37.1. The quantitative estimate of drug-likeness (QED) is 0.170. The molecule has 4 heteroatoms. The first-order chi connectivity index (χ1) is 22.7. The van der Waals surface area contributed by atoms with Crippen LogP contribution in [0, 0.1) is 5.92 Å².